The second kappa shape index (κ2) is 7.55. The van der Waals surface area contributed by atoms with Crippen molar-refractivity contribution in [3.8, 4) is 17.2 Å². The molecule has 0 aliphatic heterocycles. The minimum Gasteiger partial charge on any atom is -0.484 e. The van der Waals surface area contributed by atoms with Crippen molar-refractivity contribution in [2.75, 3.05) is 13.3 Å². The molecule has 0 aliphatic carbocycles. The van der Waals surface area contributed by atoms with Gasteiger partial charge < -0.3 is 9.47 Å². The average molecular weight is 357 g/mol. The molecule has 0 heterocycles. The van der Waals surface area contributed by atoms with Crippen LogP contribution in [0.25, 0.3) is 0 Å². The third-order valence-corrected chi connectivity index (χ3v) is 3.11. The first-order chi connectivity index (χ1) is 11.4. The highest BCUT2D eigenvalue weighted by molar-refractivity contribution is 6.32. The minimum atomic E-state index is -0.809. The lowest BCUT2D eigenvalue weighted by Crippen LogP contribution is -2.02. The van der Waals surface area contributed by atoms with E-state index in [0.717, 1.165) is 12.1 Å². The van der Waals surface area contributed by atoms with Gasteiger partial charge in [-0.25, -0.2) is 4.39 Å². The highest BCUT2D eigenvalue weighted by Crippen LogP contribution is 2.36. The van der Waals surface area contributed by atoms with E-state index in [4.69, 9.17) is 21.1 Å². The molecule has 0 N–H and O–H groups in total. The highest BCUT2D eigenvalue weighted by Gasteiger charge is 2.17. The molecule has 2 rings (SSSR count). The van der Waals surface area contributed by atoms with Gasteiger partial charge >= 0.3 is 5.69 Å². The fourth-order valence-electron chi connectivity index (χ4n) is 1.79. The monoisotopic (exact) mass is 356 g/mol. The van der Waals surface area contributed by atoms with Crippen LogP contribution in [0.4, 0.5) is 15.8 Å². The van der Waals surface area contributed by atoms with Gasteiger partial charge in [0.15, 0.2) is 0 Å². The molecule has 0 aliphatic rings. The van der Waals surface area contributed by atoms with E-state index >= 15 is 0 Å². The number of non-ortho nitro benzene ring substituents is 1. The summed E-state index contributed by atoms with van der Waals surface area (Å²) in [5.74, 6) is 0.103. The topological polar surface area (TPSA) is 105 Å². The average Bonchev–Trinajstić information content (AvgIpc) is 2.54. The van der Waals surface area contributed by atoms with Gasteiger partial charge in [0, 0.05) is 24.3 Å². The third-order valence-electron chi connectivity index (χ3n) is 2.82. The molecule has 8 nitrogen and oxygen atoms in total. The largest absolute Gasteiger partial charge is 0.484 e. The van der Waals surface area contributed by atoms with Gasteiger partial charge in [-0.15, -0.1) is 0 Å². The van der Waals surface area contributed by atoms with Gasteiger partial charge in [0.05, 0.1) is 14.9 Å². The molecule has 24 heavy (non-hydrogen) atoms. The Morgan fingerprint density at radius 3 is 2.38 bits per heavy atom. The van der Waals surface area contributed by atoms with Crippen LogP contribution >= 0.6 is 11.6 Å². The number of nitro groups is 2. The zero-order valence-corrected chi connectivity index (χ0v) is 12.7. The molecule has 0 bridgehead atoms. The van der Waals surface area contributed by atoms with Gasteiger partial charge in [0.25, 0.3) is 5.69 Å². The number of rotatable bonds is 7. The maximum atomic E-state index is 12.2. The zero-order chi connectivity index (χ0) is 17.7. The molecule has 10 heteroatoms. The summed E-state index contributed by atoms with van der Waals surface area (Å²) < 4.78 is 22.7. The molecule has 0 saturated carbocycles. The van der Waals surface area contributed by atoms with Crippen LogP contribution in [0.15, 0.2) is 36.4 Å². The molecule has 0 radical (unpaired) electrons. The van der Waals surface area contributed by atoms with Crippen molar-refractivity contribution in [1.82, 2.24) is 0 Å². The number of benzene rings is 2. The van der Waals surface area contributed by atoms with E-state index in [9.17, 15) is 24.6 Å². The van der Waals surface area contributed by atoms with Crippen LogP contribution in [-0.2, 0) is 0 Å². The number of hydrogen-bond acceptors (Lipinski definition) is 6. The minimum absolute atomic E-state index is 0.00576. The van der Waals surface area contributed by atoms with Gasteiger partial charge in [-0.1, -0.05) is 11.6 Å². The Morgan fingerprint density at radius 1 is 1.04 bits per heavy atom. The van der Waals surface area contributed by atoms with Gasteiger partial charge in [-0.3, -0.25) is 20.2 Å². The van der Waals surface area contributed by atoms with Crippen LogP contribution < -0.4 is 9.47 Å². The molecule has 0 aromatic heterocycles. The van der Waals surface area contributed by atoms with Crippen LogP contribution in [0.3, 0.4) is 0 Å². The molecular weight excluding hydrogens is 347 g/mol. The van der Waals surface area contributed by atoms with Gasteiger partial charge in [0.1, 0.15) is 24.8 Å². The van der Waals surface area contributed by atoms with Gasteiger partial charge in [-0.05, 0) is 12.1 Å². The van der Waals surface area contributed by atoms with Crippen molar-refractivity contribution >= 4 is 23.0 Å². The first-order valence-corrected chi connectivity index (χ1v) is 6.89. The predicted octanol–water partition coefficient (Wildman–Crippen LogP) is 4.30. The summed E-state index contributed by atoms with van der Waals surface area (Å²) in [6, 6.07) is 7.27. The van der Waals surface area contributed by atoms with E-state index in [1.54, 1.807) is 0 Å². The summed E-state index contributed by atoms with van der Waals surface area (Å²) in [5.41, 5.74) is -0.548. The number of nitro benzene ring substituents is 2. The Morgan fingerprint density at radius 2 is 1.79 bits per heavy atom. The fourth-order valence-corrected chi connectivity index (χ4v) is 2.00. The molecule has 0 amide bonds. The third kappa shape index (κ3) is 4.07. The molecule has 126 valence electrons. The van der Waals surface area contributed by atoms with Crippen LogP contribution in [-0.4, -0.2) is 23.1 Å². The summed E-state index contributed by atoms with van der Waals surface area (Å²) in [6.45, 7) is -1.15. The molecule has 0 atom stereocenters. The maximum Gasteiger partial charge on any atom is 0.311 e. The van der Waals surface area contributed by atoms with Crippen molar-refractivity contribution in [1.29, 1.82) is 0 Å². The molecule has 2 aromatic carbocycles. The Labute approximate surface area is 139 Å². The van der Waals surface area contributed by atoms with Crippen molar-refractivity contribution in [2.45, 2.75) is 0 Å². The lowest BCUT2D eigenvalue weighted by atomic mass is 10.2. The second-order valence-corrected chi connectivity index (χ2v) is 4.81. The maximum absolute atomic E-state index is 12.2. The molecule has 0 saturated heterocycles. The number of hydrogen-bond donors (Lipinski definition) is 0. The molecule has 0 unspecified atom stereocenters. The molecule has 0 fully saturated rings. The lowest BCUT2D eigenvalue weighted by Gasteiger charge is -2.10. The summed E-state index contributed by atoms with van der Waals surface area (Å²) in [4.78, 5) is 20.3. The Hall–Kier alpha value is -2.94. The quantitative estimate of drug-likeness (QED) is 0.541. The standard InChI is InChI=1S/C14H10ClFN2O6/c15-11-7-9(17(19)20)1-4-13(11)24-10-2-3-12(18(21)22)14(8-10)23-6-5-16/h1-4,7-8H,5-6H2. The number of ether oxygens (including phenoxy) is 2. The number of nitrogens with zero attached hydrogens (tertiary/aromatic N) is 2. The lowest BCUT2D eigenvalue weighted by molar-refractivity contribution is -0.385. The zero-order valence-electron chi connectivity index (χ0n) is 12.0. The molecule has 2 aromatic rings. The first-order valence-electron chi connectivity index (χ1n) is 6.51. The molecule has 0 spiro atoms. The first kappa shape index (κ1) is 17.4. The van der Waals surface area contributed by atoms with Crippen LogP contribution in [0.5, 0.6) is 17.2 Å². The smallest absolute Gasteiger partial charge is 0.311 e. The summed E-state index contributed by atoms with van der Waals surface area (Å²) >= 11 is 5.91. The van der Waals surface area contributed by atoms with Crippen molar-refractivity contribution in [3.63, 3.8) is 0 Å². The van der Waals surface area contributed by atoms with E-state index in [0.29, 0.717) is 0 Å². The number of alkyl halides is 1. The van der Waals surface area contributed by atoms with E-state index in [1.807, 2.05) is 0 Å². The normalized spacial score (nSPS) is 10.2. The van der Waals surface area contributed by atoms with E-state index in [1.165, 1.54) is 24.3 Å². The van der Waals surface area contributed by atoms with Crippen molar-refractivity contribution < 1.29 is 23.7 Å². The Kier molecular flexibility index (Phi) is 5.48. The van der Waals surface area contributed by atoms with E-state index in [2.05, 4.69) is 0 Å². The summed E-state index contributed by atoms with van der Waals surface area (Å²) in [5, 5.41) is 21.6. The van der Waals surface area contributed by atoms with E-state index < -0.39 is 16.5 Å². The van der Waals surface area contributed by atoms with E-state index in [-0.39, 0.29) is 40.3 Å². The SMILES string of the molecule is O=[N+]([O-])c1ccc(Oc2ccc([N+](=O)[O-])c(OCCF)c2)c(Cl)c1. The van der Waals surface area contributed by atoms with Crippen LogP contribution in [0, 0.1) is 20.2 Å². The highest BCUT2D eigenvalue weighted by atomic mass is 35.5. The van der Waals surface area contributed by atoms with Crippen LogP contribution in [0.1, 0.15) is 0 Å². The summed E-state index contributed by atoms with van der Waals surface area (Å²) in [6.07, 6.45) is 0. The van der Waals surface area contributed by atoms with Crippen LogP contribution in [0.2, 0.25) is 5.02 Å². The van der Waals surface area contributed by atoms with Gasteiger partial charge in [0.2, 0.25) is 5.75 Å². The Bertz CT molecular complexity index is 786. The summed E-state index contributed by atoms with van der Waals surface area (Å²) in [7, 11) is 0. The van der Waals surface area contributed by atoms with Crippen molar-refractivity contribution in [3.05, 3.63) is 61.6 Å². The predicted molar refractivity (Wildman–Crippen MR) is 82.7 cm³/mol. The fraction of sp³-hybridized carbons (Fsp3) is 0.143. The van der Waals surface area contributed by atoms with Gasteiger partial charge in [-0.2, -0.15) is 0 Å². The number of halogens is 2. The molecular formula is C14H10ClFN2O6. The van der Waals surface area contributed by atoms with Crippen molar-refractivity contribution in [2.24, 2.45) is 0 Å². The Balaban J connectivity index is 2.29. The second-order valence-electron chi connectivity index (χ2n) is 4.40.